The molecule has 0 atom stereocenters. The third-order valence-corrected chi connectivity index (χ3v) is 11.8. The fraction of sp³-hybridized carbons (Fsp3) is 0. The molecule has 0 bridgehead atoms. The first kappa shape index (κ1) is 28.4. The van der Waals surface area contributed by atoms with Crippen LogP contribution in [0.2, 0.25) is 0 Å². The molecule has 3 heteroatoms. The second-order valence-corrected chi connectivity index (χ2v) is 14.3. The summed E-state index contributed by atoms with van der Waals surface area (Å²) in [5.41, 5.74) is 12.3. The number of thiophene rings is 1. The van der Waals surface area contributed by atoms with E-state index >= 15 is 0 Å². The maximum atomic E-state index is 2.48. The van der Waals surface area contributed by atoms with Gasteiger partial charge < -0.3 is 9.13 Å². The van der Waals surface area contributed by atoms with Crippen LogP contribution < -0.4 is 0 Å². The number of aromatic nitrogens is 2. The van der Waals surface area contributed by atoms with Crippen LogP contribution in [0, 0.1) is 0 Å². The zero-order valence-corrected chi connectivity index (χ0v) is 28.4. The molecule has 11 aromatic rings. The Kier molecular flexibility index (Phi) is 6.16. The van der Waals surface area contributed by atoms with Crippen LogP contribution in [-0.2, 0) is 0 Å². The molecule has 3 heterocycles. The molecule has 11 rings (SSSR count). The molecule has 0 saturated heterocycles. The molecule has 0 fully saturated rings. The zero-order chi connectivity index (χ0) is 33.5. The van der Waals surface area contributed by atoms with E-state index in [1.54, 1.807) is 0 Å². The van der Waals surface area contributed by atoms with Gasteiger partial charge in [-0.1, -0.05) is 127 Å². The van der Waals surface area contributed by atoms with Gasteiger partial charge in [0, 0.05) is 42.7 Å². The standard InChI is InChI=1S/C48H30N2S/c1-3-13-31(14-4-1)35-19-11-20-38-39-21-12-24-46(48(39)51-47(35)38)50-43-23-10-8-18-37(43)41-30-33(26-28-45(41)50)32-25-27-44-40(29-32)36-17-7-9-22-42(36)49(44)34-15-5-2-6-16-34/h1-30H. The Labute approximate surface area is 298 Å². The van der Waals surface area contributed by atoms with Crippen LogP contribution in [-0.4, -0.2) is 9.13 Å². The average Bonchev–Trinajstić information content (AvgIpc) is 3.86. The van der Waals surface area contributed by atoms with Gasteiger partial charge in [0.1, 0.15) is 0 Å². The van der Waals surface area contributed by atoms with Crippen molar-refractivity contribution in [1.29, 1.82) is 0 Å². The predicted molar refractivity (Wildman–Crippen MR) is 219 cm³/mol. The van der Waals surface area contributed by atoms with Crippen LogP contribution in [0.5, 0.6) is 0 Å². The molecule has 238 valence electrons. The quantitative estimate of drug-likeness (QED) is 0.177. The molecule has 0 unspecified atom stereocenters. The maximum absolute atomic E-state index is 2.48. The molecule has 0 aliphatic rings. The summed E-state index contributed by atoms with van der Waals surface area (Å²) < 4.78 is 7.49. The van der Waals surface area contributed by atoms with Gasteiger partial charge in [-0.05, 0) is 76.9 Å². The van der Waals surface area contributed by atoms with Gasteiger partial charge in [-0.25, -0.2) is 0 Å². The number of hydrogen-bond acceptors (Lipinski definition) is 1. The minimum atomic E-state index is 1.18. The normalized spacial score (nSPS) is 11.9. The maximum Gasteiger partial charge on any atom is 0.0640 e. The second kappa shape index (κ2) is 11.0. The minimum Gasteiger partial charge on any atom is -0.309 e. The number of fused-ring (bicyclic) bond motifs is 9. The summed E-state index contributed by atoms with van der Waals surface area (Å²) in [5.74, 6) is 0. The Morgan fingerprint density at radius 1 is 0.314 bits per heavy atom. The molecule has 0 amide bonds. The highest BCUT2D eigenvalue weighted by Gasteiger charge is 2.19. The first-order valence-corrected chi connectivity index (χ1v) is 18.3. The Morgan fingerprint density at radius 2 is 0.824 bits per heavy atom. The summed E-state index contributed by atoms with van der Waals surface area (Å²) in [6.45, 7) is 0. The van der Waals surface area contributed by atoms with E-state index in [-0.39, 0.29) is 0 Å². The Bertz CT molecular complexity index is 3130. The molecular formula is C48H30N2S. The summed E-state index contributed by atoms with van der Waals surface area (Å²) in [6, 6.07) is 66.5. The zero-order valence-electron chi connectivity index (χ0n) is 27.6. The number of hydrogen-bond donors (Lipinski definition) is 0. The number of benzene rings is 8. The van der Waals surface area contributed by atoms with Crippen molar-refractivity contribution < 1.29 is 0 Å². The molecule has 3 aromatic heterocycles. The molecular weight excluding hydrogens is 637 g/mol. The largest absolute Gasteiger partial charge is 0.309 e. The van der Waals surface area contributed by atoms with E-state index in [0.29, 0.717) is 0 Å². The molecule has 0 spiro atoms. The second-order valence-electron chi connectivity index (χ2n) is 13.3. The van der Waals surface area contributed by atoms with Gasteiger partial charge in [0.15, 0.2) is 0 Å². The van der Waals surface area contributed by atoms with E-state index in [2.05, 4.69) is 191 Å². The highest BCUT2D eigenvalue weighted by atomic mass is 32.1. The van der Waals surface area contributed by atoms with E-state index in [0.717, 1.165) is 0 Å². The molecule has 8 aromatic carbocycles. The molecule has 2 nitrogen and oxygen atoms in total. The first-order valence-electron chi connectivity index (χ1n) is 17.4. The van der Waals surface area contributed by atoms with Crippen molar-refractivity contribution in [2.24, 2.45) is 0 Å². The number of rotatable bonds is 4. The van der Waals surface area contributed by atoms with E-state index in [1.807, 2.05) is 11.3 Å². The summed E-state index contributed by atoms with van der Waals surface area (Å²) >= 11 is 1.90. The van der Waals surface area contributed by atoms with E-state index in [9.17, 15) is 0 Å². The molecule has 0 radical (unpaired) electrons. The molecule has 51 heavy (non-hydrogen) atoms. The Balaban J connectivity index is 1.12. The van der Waals surface area contributed by atoms with E-state index in [4.69, 9.17) is 0 Å². The first-order chi connectivity index (χ1) is 25.3. The van der Waals surface area contributed by atoms with Crippen molar-refractivity contribution in [3.8, 4) is 33.6 Å². The van der Waals surface area contributed by atoms with Gasteiger partial charge in [0.2, 0.25) is 0 Å². The SMILES string of the molecule is c1ccc(-c2cccc3c2sc2c(-n4c5ccccc5c5cc(-c6ccc7c(c6)c6ccccc6n7-c6ccccc6)ccc54)cccc23)cc1. The van der Waals surface area contributed by atoms with Crippen molar-refractivity contribution in [3.05, 3.63) is 182 Å². The van der Waals surface area contributed by atoms with Gasteiger partial charge in [0.25, 0.3) is 0 Å². The highest BCUT2D eigenvalue weighted by Crippen LogP contribution is 2.44. The fourth-order valence-corrected chi connectivity index (χ4v) is 9.59. The van der Waals surface area contributed by atoms with Gasteiger partial charge in [-0.2, -0.15) is 0 Å². The molecule has 0 aliphatic heterocycles. The summed E-state index contributed by atoms with van der Waals surface area (Å²) in [5, 5.41) is 7.67. The van der Waals surface area contributed by atoms with Crippen LogP contribution in [0.3, 0.4) is 0 Å². The Hall–Kier alpha value is -6.42. The molecule has 0 aliphatic carbocycles. The third kappa shape index (κ3) is 4.22. The van der Waals surface area contributed by atoms with Crippen LogP contribution in [0.1, 0.15) is 0 Å². The van der Waals surface area contributed by atoms with Crippen LogP contribution in [0.15, 0.2) is 182 Å². The van der Waals surface area contributed by atoms with Gasteiger partial charge in [-0.3, -0.25) is 0 Å². The number of nitrogens with zero attached hydrogens (tertiary/aromatic N) is 2. The summed E-state index contributed by atoms with van der Waals surface area (Å²) in [4.78, 5) is 0. The fourth-order valence-electron chi connectivity index (χ4n) is 8.25. The lowest BCUT2D eigenvalue weighted by molar-refractivity contribution is 1.18. The van der Waals surface area contributed by atoms with Crippen molar-refractivity contribution in [1.82, 2.24) is 9.13 Å². The van der Waals surface area contributed by atoms with E-state index < -0.39 is 0 Å². The van der Waals surface area contributed by atoms with Crippen LogP contribution >= 0.6 is 11.3 Å². The highest BCUT2D eigenvalue weighted by molar-refractivity contribution is 7.26. The molecule has 0 N–H and O–H groups in total. The predicted octanol–water partition coefficient (Wildman–Crippen LogP) is 13.6. The van der Waals surface area contributed by atoms with Crippen molar-refractivity contribution in [3.63, 3.8) is 0 Å². The van der Waals surface area contributed by atoms with Crippen molar-refractivity contribution >= 4 is 75.1 Å². The topological polar surface area (TPSA) is 9.86 Å². The van der Waals surface area contributed by atoms with Gasteiger partial charge in [-0.15, -0.1) is 11.3 Å². The monoisotopic (exact) mass is 666 g/mol. The smallest absolute Gasteiger partial charge is 0.0640 e. The lowest BCUT2D eigenvalue weighted by Crippen LogP contribution is -1.94. The van der Waals surface area contributed by atoms with E-state index in [1.165, 1.54) is 97.4 Å². The average molecular weight is 667 g/mol. The van der Waals surface area contributed by atoms with Crippen LogP contribution in [0.4, 0.5) is 0 Å². The summed E-state index contributed by atoms with van der Waals surface area (Å²) in [6.07, 6.45) is 0. The Morgan fingerprint density at radius 3 is 1.51 bits per heavy atom. The van der Waals surface area contributed by atoms with Crippen LogP contribution in [0.25, 0.3) is 97.4 Å². The lowest BCUT2D eigenvalue weighted by Gasteiger charge is -2.10. The number of para-hydroxylation sites is 3. The van der Waals surface area contributed by atoms with Crippen molar-refractivity contribution in [2.75, 3.05) is 0 Å². The minimum absolute atomic E-state index is 1.18. The third-order valence-electron chi connectivity index (χ3n) is 10.5. The lowest BCUT2D eigenvalue weighted by atomic mass is 10.0. The van der Waals surface area contributed by atoms with Gasteiger partial charge in [0.05, 0.1) is 32.5 Å². The molecule has 0 saturated carbocycles. The van der Waals surface area contributed by atoms with Crippen molar-refractivity contribution in [2.45, 2.75) is 0 Å². The van der Waals surface area contributed by atoms with Gasteiger partial charge >= 0.3 is 0 Å². The summed E-state index contributed by atoms with van der Waals surface area (Å²) in [7, 11) is 0.